The van der Waals surface area contributed by atoms with Crippen LogP contribution in [0.5, 0.6) is 0 Å². The average Bonchev–Trinajstić information content (AvgIpc) is 3.35. The Morgan fingerprint density at radius 2 is 0.771 bits per heavy atom. The van der Waals surface area contributed by atoms with Crippen LogP contribution in [0.15, 0.2) is 97.2 Å². The molecule has 0 radical (unpaired) electrons. The van der Waals surface area contributed by atoms with Gasteiger partial charge < -0.3 is 24.2 Å². The summed E-state index contributed by atoms with van der Waals surface area (Å²) < 4.78 is 39.3. The van der Waals surface area contributed by atoms with Crippen LogP contribution < -0.4 is 0 Å². The molecule has 0 heterocycles. The van der Waals surface area contributed by atoms with Gasteiger partial charge in [-0.05, 0) is 109 Å². The summed E-state index contributed by atoms with van der Waals surface area (Å²) in [4.78, 5) is 48.4. The molecule has 0 bridgehead atoms. The van der Waals surface area contributed by atoms with Crippen molar-refractivity contribution in [1.29, 1.82) is 0 Å². The van der Waals surface area contributed by atoms with Gasteiger partial charge in [0.15, 0.2) is 6.10 Å². The second-order valence-corrected chi connectivity index (χ2v) is 19.1. The quantitative estimate of drug-likeness (QED) is 0.0197. The lowest BCUT2D eigenvalue weighted by molar-refractivity contribution is -0.161. The van der Waals surface area contributed by atoms with Gasteiger partial charge in [0.1, 0.15) is 12.7 Å². The molecule has 3 unspecified atom stereocenters. The fourth-order valence-corrected chi connectivity index (χ4v) is 7.62. The third-order valence-electron chi connectivity index (χ3n) is 11.0. The predicted molar refractivity (Wildman–Crippen MR) is 288 cm³/mol. The minimum Gasteiger partial charge on any atom is -0.462 e. The second kappa shape index (κ2) is 51.7. The number of carbonyl (C=O) groups excluding carboxylic acids is 3. The molecule has 0 aromatic carbocycles. The SMILES string of the molecule is CC/C=C\C/C=C\C/C=C\C/C=C\CCC(=O)OC(CO)COP(=O)(O)OCC(COC(=O)CCCCCCC/C=C\C/C=C\CCCCC)OC(=O)CCCCCCC/C=C\C/C=C\CCCCC. The molecular weight excluding hydrogens is 904 g/mol. The number of carbonyl (C=O) groups is 3. The summed E-state index contributed by atoms with van der Waals surface area (Å²) in [5.41, 5.74) is 0. The van der Waals surface area contributed by atoms with Crippen LogP contribution in [-0.2, 0) is 42.2 Å². The number of unbranched alkanes of at least 4 members (excludes halogenated alkanes) is 16. The first kappa shape index (κ1) is 66.4. The number of esters is 3. The summed E-state index contributed by atoms with van der Waals surface area (Å²) in [5.74, 6) is -1.59. The summed E-state index contributed by atoms with van der Waals surface area (Å²) in [6.07, 6.45) is 59.6. The first-order chi connectivity index (χ1) is 34.2. The lowest BCUT2D eigenvalue weighted by atomic mass is 10.1. The molecule has 11 nitrogen and oxygen atoms in total. The van der Waals surface area contributed by atoms with Crippen molar-refractivity contribution in [3.8, 4) is 0 Å². The molecule has 0 aliphatic carbocycles. The van der Waals surface area contributed by atoms with Crippen LogP contribution in [0.2, 0.25) is 0 Å². The topological polar surface area (TPSA) is 155 Å². The average molecular weight is 1000 g/mol. The van der Waals surface area contributed by atoms with Crippen LogP contribution in [0, 0.1) is 0 Å². The number of allylic oxidation sites excluding steroid dienone is 16. The lowest BCUT2D eigenvalue weighted by Crippen LogP contribution is -2.30. The molecular formula is C58H97O11P. The summed E-state index contributed by atoms with van der Waals surface area (Å²) in [6, 6.07) is 0. The monoisotopic (exact) mass is 1000 g/mol. The Morgan fingerprint density at radius 1 is 0.414 bits per heavy atom. The molecule has 70 heavy (non-hydrogen) atoms. The van der Waals surface area contributed by atoms with Crippen molar-refractivity contribution >= 4 is 25.7 Å². The van der Waals surface area contributed by atoms with E-state index >= 15 is 0 Å². The Bertz CT molecular complexity index is 1540. The number of hydrogen-bond donors (Lipinski definition) is 2. The molecule has 0 saturated heterocycles. The van der Waals surface area contributed by atoms with E-state index in [2.05, 4.69) is 99.8 Å². The van der Waals surface area contributed by atoms with Crippen molar-refractivity contribution in [3.05, 3.63) is 97.2 Å². The molecule has 2 N–H and O–H groups in total. The highest BCUT2D eigenvalue weighted by molar-refractivity contribution is 7.47. The van der Waals surface area contributed by atoms with Crippen LogP contribution in [0.4, 0.5) is 0 Å². The molecule has 0 fully saturated rings. The van der Waals surface area contributed by atoms with Gasteiger partial charge in [0.05, 0.1) is 19.8 Å². The molecule has 12 heteroatoms. The van der Waals surface area contributed by atoms with Crippen molar-refractivity contribution in [2.45, 2.75) is 226 Å². The molecule has 0 aliphatic heterocycles. The van der Waals surface area contributed by atoms with Gasteiger partial charge in [-0.1, -0.05) is 182 Å². The van der Waals surface area contributed by atoms with E-state index in [9.17, 15) is 28.9 Å². The molecule has 0 amide bonds. The van der Waals surface area contributed by atoms with E-state index in [0.29, 0.717) is 19.3 Å². The van der Waals surface area contributed by atoms with Crippen LogP contribution in [-0.4, -0.2) is 66.5 Å². The maximum atomic E-state index is 12.9. The Kier molecular flexibility index (Phi) is 49.1. The molecule has 0 aromatic heterocycles. The van der Waals surface area contributed by atoms with Crippen LogP contribution in [0.25, 0.3) is 0 Å². The summed E-state index contributed by atoms with van der Waals surface area (Å²) in [5, 5.41) is 9.77. The van der Waals surface area contributed by atoms with Gasteiger partial charge in [-0.3, -0.25) is 23.4 Å². The highest BCUT2D eigenvalue weighted by Gasteiger charge is 2.28. The zero-order valence-electron chi connectivity index (χ0n) is 43.9. The van der Waals surface area contributed by atoms with Gasteiger partial charge in [0.2, 0.25) is 0 Å². The normalized spacial score (nSPS) is 14.2. The first-order valence-corrected chi connectivity index (χ1v) is 28.6. The first-order valence-electron chi connectivity index (χ1n) is 27.1. The number of hydrogen-bond acceptors (Lipinski definition) is 10. The molecule has 3 atom stereocenters. The van der Waals surface area contributed by atoms with Crippen LogP contribution in [0.1, 0.15) is 213 Å². The van der Waals surface area contributed by atoms with E-state index in [1.165, 1.54) is 38.5 Å². The van der Waals surface area contributed by atoms with Crippen molar-refractivity contribution in [2.24, 2.45) is 0 Å². The van der Waals surface area contributed by atoms with E-state index in [4.69, 9.17) is 23.3 Å². The van der Waals surface area contributed by atoms with Crippen molar-refractivity contribution in [2.75, 3.05) is 26.4 Å². The summed E-state index contributed by atoms with van der Waals surface area (Å²) in [6.45, 7) is 4.34. The summed E-state index contributed by atoms with van der Waals surface area (Å²) >= 11 is 0. The van der Waals surface area contributed by atoms with E-state index < -0.39 is 57.8 Å². The van der Waals surface area contributed by atoms with Crippen molar-refractivity contribution < 1.29 is 52.2 Å². The number of aliphatic hydroxyl groups excluding tert-OH is 1. The maximum absolute atomic E-state index is 12.9. The van der Waals surface area contributed by atoms with E-state index in [-0.39, 0.29) is 25.9 Å². The number of phosphoric acid groups is 1. The minimum atomic E-state index is -4.77. The standard InChI is InChI=1S/C58H97O11P/c1-4-7-10-13-16-19-22-25-27-30-32-35-38-41-44-47-56(60)65-51-55(69-58(62)49-46-43-40-37-34-31-28-26-23-20-17-14-11-8-5-2)53-67-70(63,64)66-52-54(50-59)68-57(61)48-45-42-39-36-33-29-24-21-18-15-12-9-6-3/h9,12,16-21,25-29,33,39,42,54-55,59H,4-8,10-11,13-15,22-24,30-32,34-38,40-41,43-53H2,1-3H3,(H,63,64)/b12-9-,19-16-,20-17-,21-18-,27-25-,28-26-,33-29-,42-39-. The second-order valence-electron chi connectivity index (χ2n) is 17.7. The molecule has 0 saturated carbocycles. The van der Waals surface area contributed by atoms with Gasteiger partial charge in [0.25, 0.3) is 0 Å². The molecule has 0 aromatic rings. The zero-order valence-corrected chi connectivity index (χ0v) is 44.8. The van der Waals surface area contributed by atoms with Gasteiger partial charge in [-0.25, -0.2) is 4.57 Å². The molecule has 0 aliphatic rings. The van der Waals surface area contributed by atoms with E-state index in [1.54, 1.807) is 0 Å². The number of ether oxygens (including phenoxy) is 3. The molecule has 0 rings (SSSR count). The van der Waals surface area contributed by atoms with Gasteiger partial charge in [0, 0.05) is 19.3 Å². The van der Waals surface area contributed by atoms with Crippen molar-refractivity contribution in [1.82, 2.24) is 0 Å². The fourth-order valence-electron chi connectivity index (χ4n) is 6.84. The predicted octanol–water partition coefficient (Wildman–Crippen LogP) is 15.7. The third kappa shape index (κ3) is 49.4. The number of phosphoric ester groups is 1. The van der Waals surface area contributed by atoms with Gasteiger partial charge in [-0.2, -0.15) is 0 Å². The highest BCUT2D eigenvalue weighted by Crippen LogP contribution is 2.43. The van der Waals surface area contributed by atoms with E-state index in [1.807, 2.05) is 18.2 Å². The highest BCUT2D eigenvalue weighted by atomic mass is 31.2. The fraction of sp³-hybridized carbons (Fsp3) is 0.672. The lowest BCUT2D eigenvalue weighted by Gasteiger charge is -2.21. The maximum Gasteiger partial charge on any atom is 0.472 e. The van der Waals surface area contributed by atoms with Crippen LogP contribution in [0.3, 0.4) is 0 Å². The Morgan fingerprint density at radius 3 is 1.23 bits per heavy atom. The Balaban J connectivity index is 4.86. The Hall–Kier alpha value is -3.60. The zero-order chi connectivity index (χ0) is 51.3. The van der Waals surface area contributed by atoms with Crippen molar-refractivity contribution in [3.63, 3.8) is 0 Å². The number of aliphatic hydroxyl groups is 1. The number of rotatable bonds is 49. The van der Waals surface area contributed by atoms with E-state index in [0.717, 1.165) is 116 Å². The largest absolute Gasteiger partial charge is 0.472 e. The summed E-state index contributed by atoms with van der Waals surface area (Å²) in [7, 11) is -4.77. The van der Waals surface area contributed by atoms with Crippen LogP contribution >= 0.6 is 7.82 Å². The molecule has 400 valence electrons. The third-order valence-corrected chi connectivity index (χ3v) is 11.9. The Labute approximate surface area is 425 Å². The van der Waals surface area contributed by atoms with Gasteiger partial charge >= 0.3 is 25.7 Å². The molecule has 0 spiro atoms. The minimum absolute atomic E-state index is 0.0501. The smallest absolute Gasteiger partial charge is 0.462 e. The van der Waals surface area contributed by atoms with Gasteiger partial charge in [-0.15, -0.1) is 0 Å².